The Kier molecular flexibility index (Phi) is 8.92. The van der Waals surface area contributed by atoms with E-state index in [-0.39, 0.29) is 18.8 Å². The highest BCUT2D eigenvalue weighted by molar-refractivity contribution is 6.07. The highest BCUT2D eigenvalue weighted by Crippen LogP contribution is 2.29. The van der Waals surface area contributed by atoms with Crippen LogP contribution in [0.2, 0.25) is 0 Å². The summed E-state index contributed by atoms with van der Waals surface area (Å²) in [5.74, 6) is 0.710. The minimum atomic E-state index is -0.595. The molecule has 0 heterocycles. The van der Waals surface area contributed by atoms with Gasteiger partial charge >= 0.3 is 5.97 Å². The summed E-state index contributed by atoms with van der Waals surface area (Å²) in [6.07, 6.45) is -0.351. The van der Waals surface area contributed by atoms with Crippen molar-refractivity contribution in [2.45, 2.75) is 26.2 Å². The monoisotopic (exact) mass is 496 g/mol. The molecule has 4 aromatic carbocycles. The molecule has 4 rings (SSSR count). The maximum Gasteiger partial charge on any atom is 0.313 e. The Labute approximate surface area is 216 Å². The van der Waals surface area contributed by atoms with Crippen LogP contribution in [0, 0.1) is 0 Å². The van der Waals surface area contributed by atoms with Gasteiger partial charge in [-0.25, -0.2) is 0 Å². The van der Waals surface area contributed by atoms with Crippen LogP contribution in [-0.2, 0) is 29.4 Å². The van der Waals surface area contributed by atoms with Crippen LogP contribution in [0.1, 0.15) is 33.5 Å². The van der Waals surface area contributed by atoms with Gasteiger partial charge in [0.05, 0.1) is 12.7 Å². The van der Waals surface area contributed by atoms with Crippen LogP contribution in [0.5, 0.6) is 17.2 Å². The summed E-state index contributed by atoms with van der Waals surface area (Å²) in [5.41, 5.74) is 3.21. The number of hydrogen-bond acceptors (Lipinski definition) is 6. The zero-order valence-electron chi connectivity index (χ0n) is 20.6. The number of carbonyl (C=O) groups is 2. The van der Waals surface area contributed by atoms with E-state index in [0.29, 0.717) is 36.0 Å². The van der Waals surface area contributed by atoms with E-state index < -0.39 is 5.97 Å². The summed E-state index contributed by atoms with van der Waals surface area (Å²) >= 11 is 0. The molecule has 0 N–H and O–H groups in total. The second kappa shape index (κ2) is 12.9. The van der Waals surface area contributed by atoms with Crippen molar-refractivity contribution in [3.05, 3.63) is 125 Å². The van der Waals surface area contributed by atoms with Crippen LogP contribution < -0.4 is 14.2 Å². The third-order valence-electron chi connectivity index (χ3n) is 5.63. The zero-order chi connectivity index (χ0) is 25.9. The average Bonchev–Trinajstić information content (AvgIpc) is 2.95. The van der Waals surface area contributed by atoms with Crippen LogP contribution in [0.25, 0.3) is 0 Å². The first-order chi connectivity index (χ1) is 18.1. The number of esters is 1. The lowest BCUT2D eigenvalue weighted by atomic mass is 10.1. The van der Waals surface area contributed by atoms with Crippen LogP contribution in [0.4, 0.5) is 0 Å². The first-order valence-corrected chi connectivity index (χ1v) is 11.9. The lowest BCUT2D eigenvalue weighted by Gasteiger charge is -2.16. The highest BCUT2D eigenvalue weighted by atomic mass is 16.5. The topological polar surface area (TPSA) is 71.1 Å². The number of rotatable bonds is 12. The predicted molar refractivity (Wildman–Crippen MR) is 140 cm³/mol. The normalized spacial score (nSPS) is 10.4. The van der Waals surface area contributed by atoms with Gasteiger partial charge in [-0.15, -0.1) is 0 Å². The summed E-state index contributed by atoms with van der Waals surface area (Å²) in [7, 11) is 1.25. The zero-order valence-corrected chi connectivity index (χ0v) is 20.6. The van der Waals surface area contributed by atoms with E-state index >= 15 is 0 Å². The van der Waals surface area contributed by atoms with Crippen molar-refractivity contribution in [3.63, 3.8) is 0 Å². The third kappa shape index (κ3) is 7.45. The number of ketones is 1. The number of benzene rings is 4. The fraction of sp³-hybridized carbons (Fsp3) is 0.161. The lowest BCUT2D eigenvalue weighted by Crippen LogP contribution is -2.11. The largest absolute Gasteiger partial charge is 0.489 e. The summed E-state index contributed by atoms with van der Waals surface area (Å²) < 4.78 is 22.8. The van der Waals surface area contributed by atoms with E-state index in [9.17, 15) is 9.59 Å². The van der Waals surface area contributed by atoms with E-state index in [4.69, 9.17) is 14.2 Å². The first kappa shape index (κ1) is 25.5. The van der Waals surface area contributed by atoms with Gasteiger partial charge in [-0.3, -0.25) is 9.59 Å². The van der Waals surface area contributed by atoms with E-state index in [2.05, 4.69) is 4.74 Å². The van der Waals surface area contributed by atoms with Crippen molar-refractivity contribution in [3.8, 4) is 17.2 Å². The van der Waals surface area contributed by atoms with Crippen molar-refractivity contribution in [1.82, 2.24) is 0 Å². The molecule has 0 aliphatic heterocycles. The molecular weight excluding hydrogens is 468 g/mol. The predicted octanol–water partition coefficient (Wildman–Crippen LogP) is 6.17. The molecule has 0 amide bonds. The van der Waals surface area contributed by atoms with Gasteiger partial charge in [0.2, 0.25) is 0 Å². The van der Waals surface area contributed by atoms with Crippen molar-refractivity contribution in [2.24, 2.45) is 0 Å². The summed E-state index contributed by atoms with van der Waals surface area (Å²) in [5, 5.41) is 0. The molecule has 6 heteroatoms. The molecule has 0 radical (unpaired) electrons. The van der Waals surface area contributed by atoms with Crippen molar-refractivity contribution in [2.75, 3.05) is 7.11 Å². The number of Topliss-reactive ketones (excluding diaryl/α,β-unsaturated/α-hetero) is 1. The Morgan fingerprint density at radius 2 is 1.22 bits per heavy atom. The van der Waals surface area contributed by atoms with E-state index in [1.807, 2.05) is 78.9 Å². The van der Waals surface area contributed by atoms with Gasteiger partial charge in [-0.1, -0.05) is 72.8 Å². The fourth-order valence-corrected chi connectivity index (χ4v) is 3.63. The molecule has 0 saturated heterocycles. The number of ether oxygens (including phenoxy) is 4. The second-order valence-electron chi connectivity index (χ2n) is 8.28. The minimum absolute atomic E-state index is 0.158. The van der Waals surface area contributed by atoms with Crippen LogP contribution in [0.3, 0.4) is 0 Å². The quantitative estimate of drug-likeness (QED) is 0.133. The first-order valence-electron chi connectivity index (χ1n) is 11.9. The average molecular weight is 497 g/mol. The van der Waals surface area contributed by atoms with Gasteiger partial charge < -0.3 is 18.9 Å². The molecule has 4 aromatic rings. The van der Waals surface area contributed by atoms with Crippen LogP contribution in [0.15, 0.2) is 103 Å². The SMILES string of the molecule is COC(=O)CC(=O)c1ccccc1OCc1ccc(OCc2ccccc2)cc1OCc1ccccc1. The van der Waals surface area contributed by atoms with Gasteiger partial charge in [0, 0.05) is 11.6 Å². The Balaban J connectivity index is 1.51. The van der Waals surface area contributed by atoms with Crippen LogP contribution >= 0.6 is 0 Å². The highest BCUT2D eigenvalue weighted by Gasteiger charge is 2.17. The summed E-state index contributed by atoms with van der Waals surface area (Å²) in [6.45, 7) is 0.972. The molecule has 0 spiro atoms. The van der Waals surface area contributed by atoms with Gasteiger partial charge in [0.1, 0.15) is 43.5 Å². The standard InChI is InChI=1S/C31H28O6/c1-34-31(33)19-28(32)27-14-8-9-15-29(27)37-22-25-16-17-26(35-20-23-10-4-2-5-11-23)18-30(25)36-21-24-12-6-3-7-13-24/h2-18H,19-22H2,1H3. The number of para-hydroxylation sites is 1. The molecule has 0 bridgehead atoms. The molecule has 0 aliphatic rings. The lowest BCUT2D eigenvalue weighted by molar-refractivity contribution is -0.139. The Morgan fingerprint density at radius 3 is 1.89 bits per heavy atom. The smallest absolute Gasteiger partial charge is 0.313 e. The van der Waals surface area contributed by atoms with Crippen molar-refractivity contribution < 1.29 is 28.5 Å². The number of hydrogen-bond donors (Lipinski definition) is 0. The molecule has 37 heavy (non-hydrogen) atoms. The molecule has 188 valence electrons. The third-order valence-corrected chi connectivity index (χ3v) is 5.63. The summed E-state index contributed by atoms with van der Waals surface area (Å²) in [4.78, 5) is 24.2. The van der Waals surface area contributed by atoms with Gasteiger partial charge in [0.25, 0.3) is 0 Å². The molecule has 0 saturated carbocycles. The van der Waals surface area contributed by atoms with Crippen molar-refractivity contribution in [1.29, 1.82) is 0 Å². The Morgan fingerprint density at radius 1 is 0.622 bits per heavy atom. The maximum absolute atomic E-state index is 12.6. The van der Waals surface area contributed by atoms with Crippen LogP contribution in [-0.4, -0.2) is 18.9 Å². The fourth-order valence-electron chi connectivity index (χ4n) is 3.63. The van der Waals surface area contributed by atoms with Gasteiger partial charge in [0.15, 0.2) is 5.78 Å². The van der Waals surface area contributed by atoms with Gasteiger partial charge in [-0.2, -0.15) is 0 Å². The molecule has 0 atom stereocenters. The maximum atomic E-state index is 12.6. The molecule has 6 nitrogen and oxygen atoms in total. The van der Waals surface area contributed by atoms with E-state index in [0.717, 1.165) is 16.7 Å². The molecule has 0 aliphatic carbocycles. The minimum Gasteiger partial charge on any atom is -0.489 e. The molecular formula is C31H28O6. The molecule has 0 unspecified atom stereocenters. The number of methoxy groups -OCH3 is 1. The number of carbonyl (C=O) groups excluding carboxylic acids is 2. The Hall–Kier alpha value is -4.58. The van der Waals surface area contributed by atoms with Gasteiger partial charge in [-0.05, 0) is 35.4 Å². The van der Waals surface area contributed by atoms with E-state index in [1.54, 1.807) is 24.3 Å². The summed E-state index contributed by atoms with van der Waals surface area (Å²) in [6, 6.07) is 32.2. The van der Waals surface area contributed by atoms with Crippen molar-refractivity contribution >= 4 is 11.8 Å². The molecule has 0 fully saturated rings. The molecule has 0 aromatic heterocycles. The van der Waals surface area contributed by atoms with E-state index in [1.165, 1.54) is 7.11 Å². The Bertz CT molecular complexity index is 1320. The second-order valence-corrected chi connectivity index (χ2v) is 8.28.